The van der Waals surface area contributed by atoms with Crippen molar-refractivity contribution in [2.45, 2.75) is 44.6 Å². The van der Waals surface area contributed by atoms with E-state index in [1.807, 2.05) is 6.07 Å². The van der Waals surface area contributed by atoms with E-state index in [0.717, 1.165) is 18.3 Å². The van der Waals surface area contributed by atoms with Gasteiger partial charge in [-0.25, -0.2) is 9.78 Å². The molecule has 2 atom stereocenters. The Labute approximate surface area is 113 Å². The van der Waals surface area contributed by atoms with Crippen LogP contribution in [-0.2, 0) is 0 Å². The van der Waals surface area contributed by atoms with Crippen LogP contribution in [-0.4, -0.2) is 28.6 Å². The van der Waals surface area contributed by atoms with Crippen molar-refractivity contribution in [3.05, 3.63) is 23.9 Å². The second kappa shape index (κ2) is 5.19. The average Bonchev–Trinajstić information content (AvgIpc) is 2.47. The van der Waals surface area contributed by atoms with Gasteiger partial charge in [0.05, 0.1) is 0 Å². The first-order valence-electron chi connectivity index (χ1n) is 7.23. The fraction of sp³-hybridized carbons (Fsp3) is 0.600. The molecule has 1 aromatic heterocycles. The maximum atomic E-state index is 11.0. The van der Waals surface area contributed by atoms with E-state index < -0.39 is 5.97 Å². The standard InChI is InChI=1S/C15H20N2O2/c18-15(19)12-7-3-9-14(16-12)17-10-4-6-11-5-1-2-8-13(11)17/h3,7,9,11,13H,1-2,4-6,8,10H2,(H,18,19). The lowest BCUT2D eigenvalue weighted by Gasteiger charge is -2.44. The van der Waals surface area contributed by atoms with Crippen molar-refractivity contribution in [1.82, 2.24) is 4.98 Å². The molecule has 1 saturated carbocycles. The number of rotatable bonds is 2. The topological polar surface area (TPSA) is 53.4 Å². The molecule has 4 nitrogen and oxygen atoms in total. The van der Waals surface area contributed by atoms with Crippen LogP contribution in [0.1, 0.15) is 49.0 Å². The zero-order chi connectivity index (χ0) is 13.2. The first kappa shape index (κ1) is 12.5. The number of aromatic nitrogens is 1. The van der Waals surface area contributed by atoms with E-state index in [2.05, 4.69) is 9.88 Å². The Kier molecular flexibility index (Phi) is 3.40. The molecular weight excluding hydrogens is 240 g/mol. The van der Waals surface area contributed by atoms with Gasteiger partial charge in [0.2, 0.25) is 0 Å². The monoisotopic (exact) mass is 260 g/mol. The van der Waals surface area contributed by atoms with Gasteiger partial charge >= 0.3 is 5.97 Å². The van der Waals surface area contributed by atoms with Crippen molar-refractivity contribution in [2.75, 3.05) is 11.4 Å². The summed E-state index contributed by atoms with van der Waals surface area (Å²) in [4.78, 5) is 17.7. The first-order chi connectivity index (χ1) is 9.25. The number of hydrogen-bond acceptors (Lipinski definition) is 3. The molecule has 4 heteroatoms. The number of anilines is 1. The zero-order valence-electron chi connectivity index (χ0n) is 11.1. The van der Waals surface area contributed by atoms with Gasteiger partial charge in [0.25, 0.3) is 0 Å². The summed E-state index contributed by atoms with van der Waals surface area (Å²) in [6.45, 7) is 1.01. The minimum Gasteiger partial charge on any atom is -0.477 e. The fourth-order valence-corrected chi connectivity index (χ4v) is 3.61. The molecular formula is C15H20N2O2. The predicted octanol–water partition coefficient (Wildman–Crippen LogP) is 2.94. The van der Waals surface area contributed by atoms with Gasteiger partial charge in [-0.15, -0.1) is 0 Å². The molecule has 0 amide bonds. The van der Waals surface area contributed by atoms with Gasteiger partial charge in [-0.1, -0.05) is 18.9 Å². The highest BCUT2D eigenvalue weighted by Crippen LogP contribution is 2.37. The third-order valence-electron chi connectivity index (χ3n) is 4.49. The van der Waals surface area contributed by atoms with Crippen molar-refractivity contribution in [3.63, 3.8) is 0 Å². The smallest absolute Gasteiger partial charge is 0.354 e. The molecule has 0 bridgehead atoms. The van der Waals surface area contributed by atoms with Gasteiger partial charge in [-0.05, 0) is 43.7 Å². The maximum absolute atomic E-state index is 11.0. The maximum Gasteiger partial charge on any atom is 0.354 e. The predicted molar refractivity (Wildman–Crippen MR) is 73.5 cm³/mol. The summed E-state index contributed by atoms with van der Waals surface area (Å²) in [5, 5.41) is 9.06. The van der Waals surface area contributed by atoms with Gasteiger partial charge in [-0.2, -0.15) is 0 Å². The Morgan fingerprint density at radius 2 is 2.00 bits per heavy atom. The summed E-state index contributed by atoms with van der Waals surface area (Å²) in [6.07, 6.45) is 7.69. The van der Waals surface area contributed by atoms with Crippen molar-refractivity contribution < 1.29 is 9.90 Å². The minimum atomic E-state index is -0.945. The lowest BCUT2D eigenvalue weighted by molar-refractivity contribution is 0.0690. The molecule has 1 aliphatic carbocycles. The zero-order valence-corrected chi connectivity index (χ0v) is 11.1. The lowest BCUT2D eigenvalue weighted by atomic mass is 9.78. The molecule has 0 radical (unpaired) electrons. The van der Waals surface area contributed by atoms with E-state index in [1.54, 1.807) is 12.1 Å². The number of fused-ring (bicyclic) bond motifs is 1. The molecule has 2 fully saturated rings. The Morgan fingerprint density at radius 3 is 2.84 bits per heavy atom. The third-order valence-corrected chi connectivity index (χ3v) is 4.49. The number of carbonyl (C=O) groups is 1. The summed E-state index contributed by atoms with van der Waals surface area (Å²) in [5.41, 5.74) is 0.149. The number of piperidine rings is 1. The molecule has 3 rings (SSSR count). The number of pyridine rings is 1. The van der Waals surface area contributed by atoms with E-state index in [9.17, 15) is 4.79 Å². The lowest BCUT2D eigenvalue weighted by Crippen LogP contribution is -2.47. The number of nitrogens with zero attached hydrogens (tertiary/aromatic N) is 2. The molecule has 0 aromatic carbocycles. The minimum absolute atomic E-state index is 0.149. The molecule has 2 aliphatic rings. The Balaban J connectivity index is 1.87. The number of carboxylic acids is 1. The van der Waals surface area contributed by atoms with Crippen LogP contribution in [0.25, 0.3) is 0 Å². The van der Waals surface area contributed by atoms with Crippen LogP contribution in [0.2, 0.25) is 0 Å². The molecule has 102 valence electrons. The van der Waals surface area contributed by atoms with Crippen molar-refractivity contribution >= 4 is 11.8 Å². The molecule has 2 unspecified atom stereocenters. The number of aromatic carboxylic acids is 1. The first-order valence-corrected chi connectivity index (χ1v) is 7.23. The van der Waals surface area contributed by atoms with Crippen LogP contribution < -0.4 is 4.90 Å². The van der Waals surface area contributed by atoms with Crippen LogP contribution in [0, 0.1) is 5.92 Å². The van der Waals surface area contributed by atoms with Crippen LogP contribution in [0.15, 0.2) is 18.2 Å². The molecule has 19 heavy (non-hydrogen) atoms. The molecule has 1 aromatic rings. The fourth-order valence-electron chi connectivity index (χ4n) is 3.61. The van der Waals surface area contributed by atoms with E-state index in [1.165, 1.54) is 38.5 Å². The number of carboxylic acid groups (broad SMARTS) is 1. The summed E-state index contributed by atoms with van der Waals surface area (Å²) < 4.78 is 0. The van der Waals surface area contributed by atoms with E-state index in [0.29, 0.717) is 6.04 Å². The van der Waals surface area contributed by atoms with Crippen LogP contribution in [0.4, 0.5) is 5.82 Å². The normalized spacial score (nSPS) is 26.8. The largest absolute Gasteiger partial charge is 0.477 e. The van der Waals surface area contributed by atoms with Gasteiger partial charge in [0.15, 0.2) is 5.69 Å². The Hall–Kier alpha value is -1.58. The van der Waals surface area contributed by atoms with Gasteiger partial charge in [0.1, 0.15) is 5.82 Å². The highest BCUT2D eigenvalue weighted by atomic mass is 16.4. The van der Waals surface area contributed by atoms with E-state index in [-0.39, 0.29) is 5.69 Å². The molecule has 1 saturated heterocycles. The summed E-state index contributed by atoms with van der Waals surface area (Å²) in [6, 6.07) is 5.88. The summed E-state index contributed by atoms with van der Waals surface area (Å²) in [5.74, 6) is 0.674. The molecule has 1 N–H and O–H groups in total. The van der Waals surface area contributed by atoms with E-state index in [4.69, 9.17) is 5.11 Å². The van der Waals surface area contributed by atoms with Crippen LogP contribution in [0.5, 0.6) is 0 Å². The Morgan fingerprint density at radius 1 is 1.21 bits per heavy atom. The number of hydrogen-bond donors (Lipinski definition) is 1. The molecule has 2 heterocycles. The van der Waals surface area contributed by atoms with Crippen molar-refractivity contribution in [3.8, 4) is 0 Å². The third kappa shape index (κ3) is 2.44. The second-order valence-electron chi connectivity index (χ2n) is 5.63. The van der Waals surface area contributed by atoms with Gasteiger partial charge in [-0.3, -0.25) is 0 Å². The molecule has 0 spiro atoms. The highest BCUT2D eigenvalue weighted by Gasteiger charge is 2.33. The quantitative estimate of drug-likeness (QED) is 0.888. The van der Waals surface area contributed by atoms with Gasteiger partial charge in [0, 0.05) is 12.6 Å². The van der Waals surface area contributed by atoms with Crippen LogP contribution in [0.3, 0.4) is 0 Å². The summed E-state index contributed by atoms with van der Waals surface area (Å²) >= 11 is 0. The van der Waals surface area contributed by atoms with E-state index >= 15 is 0 Å². The SMILES string of the molecule is O=C(O)c1cccc(N2CCCC3CCCCC32)n1. The van der Waals surface area contributed by atoms with Crippen molar-refractivity contribution in [1.29, 1.82) is 0 Å². The Bertz CT molecular complexity index is 473. The van der Waals surface area contributed by atoms with Crippen LogP contribution >= 0.6 is 0 Å². The molecule has 1 aliphatic heterocycles. The summed E-state index contributed by atoms with van der Waals surface area (Å²) in [7, 11) is 0. The highest BCUT2D eigenvalue weighted by molar-refractivity contribution is 5.85. The average molecular weight is 260 g/mol. The second-order valence-corrected chi connectivity index (χ2v) is 5.63. The van der Waals surface area contributed by atoms with Gasteiger partial charge < -0.3 is 10.0 Å². The van der Waals surface area contributed by atoms with Crippen molar-refractivity contribution in [2.24, 2.45) is 5.92 Å².